The second kappa shape index (κ2) is 8.11. The van der Waals surface area contributed by atoms with E-state index in [-0.39, 0.29) is 5.91 Å². The summed E-state index contributed by atoms with van der Waals surface area (Å²) in [4.78, 5) is 16.4. The van der Waals surface area contributed by atoms with Crippen LogP contribution in [0.1, 0.15) is 11.1 Å². The number of nitrogens with one attached hydrogen (secondary N) is 1. The molecular formula is C20H20N4O2. The topological polar surface area (TPSA) is 69.0 Å². The summed E-state index contributed by atoms with van der Waals surface area (Å²) < 4.78 is 6.84. The molecule has 1 aromatic carbocycles. The van der Waals surface area contributed by atoms with Gasteiger partial charge in [0.05, 0.1) is 19.0 Å². The van der Waals surface area contributed by atoms with Crippen LogP contribution in [0, 0.1) is 0 Å². The molecule has 0 atom stereocenters. The Morgan fingerprint density at radius 3 is 2.62 bits per heavy atom. The van der Waals surface area contributed by atoms with Crippen molar-refractivity contribution in [3.05, 3.63) is 72.2 Å². The van der Waals surface area contributed by atoms with Gasteiger partial charge in [0.2, 0.25) is 5.91 Å². The number of hydrogen-bond donors (Lipinski definition) is 1. The summed E-state index contributed by atoms with van der Waals surface area (Å²) in [5, 5.41) is 6.98. The first-order valence-electron chi connectivity index (χ1n) is 8.18. The van der Waals surface area contributed by atoms with Crippen molar-refractivity contribution in [2.75, 3.05) is 7.11 Å². The lowest BCUT2D eigenvalue weighted by atomic mass is 10.2. The van der Waals surface area contributed by atoms with Crippen LogP contribution in [-0.2, 0) is 18.4 Å². The number of aryl methyl sites for hydroxylation is 1. The van der Waals surface area contributed by atoms with Gasteiger partial charge in [0.1, 0.15) is 5.75 Å². The Labute approximate surface area is 152 Å². The molecule has 2 aromatic heterocycles. The summed E-state index contributed by atoms with van der Waals surface area (Å²) >= 11 is 0. The van der Waals surface area contributed by atoms with Gasteiger partial charge in [-0.2, -0.15) is 5.10 Å². The number of pyridine rings is 1. The highest BCUT2D eigenvalue weighted by Gasteiger charge is 2.03. The Morgan fingerprint density at radius 2 is 2.00 bits per heavy atom. The van der Waals surface area contributed by atoms with Crippen molar-refractivity contribution in [3.63, 3.8) is 0 Å². The molecule has 0 fully saturated rings. The van der Waals surface area contributed by atoms with Gasteiger partial charge in [-0.15, -0.1) is 0 Å². The fraction of sp³-hybridized carbons (Fsp3) is 0.150. The number of aromatic nitrogens is 3. The van der Waals surface area contributed by atoms with Crippen LogP contribution in [0.2, 0.25) is 0 Å². The number of rotatable bonds is 6. The zero-order valence-corrected chi connectivity index (χ0v) is 14.7. The second-order valence-electron chi connectivity index (χ2n) is 5.78. The maximum atomic E-state index is 11.9. The van der Waals surface area contributed by atoms with E-state index in [4.69, 9.17) is 4.74 Å². The molecule has 0 aliphatic heterocycles. The fourth-order valence-electron chi connectivity index (χ4n) is 2.39. The highest BCUT2D eigenvalue weighted by molar-refractivity contribution is 5.91. The van der Waals surface area contributed by atoms with E-state index < -0.39 is 0 Å². The number of carbonyl (C=O) groups excluding carboxylic acids is 1. The summed E-state index contributed by atoms with van der Waals surface area (Å²) in [7, 11) is 3.49. The van der Waals surface area contributed by atoms with E-state index in [9.17, 15) is 4.79 Å². The number of carbonyl (C=O) groups is 1. The van der Waals surface area contributed by atoms with Crippen molar-refractivity contribution in [1.82, 2.24) is 20.1 Å². The van der Waals surface area contributed by atoms with Crippen molar-refractivity contribution in [3.8, 4) is 17.0 Å². The van der Waals surface area contributed by atoms with Gasteiger partial charge in [-0.3, -0.25) is 14.5 Å². The van der Waals surface area contributed by atoms with Crippen molar-refractivity contribution in [2.45, 2.75) is 6.54 Å². The molecule has 0 aliphatic rings. The number of amides is 1. The third-order valence-corrected chi connectivity index (χ3v) is 3.84. The van der Waals surface area contributed by atoms with Crippen LogP contribution in [0.15, 0.2) is 61.1 Å². The van der Waals surface area contributed by atoms with Gasteiger partial charge in [0.25, 0.3) is 0 Å². The van der Waals surface area contributed by atoms with Crippen LogP contribution >= 0.6 is 0 Å². The summed E-state index contributed by atoms with van der Waals surface area (Å²) in [6, 6.07) is 11.4. The van der Waals surface area contributed by atoms with Gasteiger partial charge in [-0.25, -0.2) is 0 Å². The molecule has 0 unspecified atom stereocenters. The van der Waals surface area contributed by atoms with Gasteiger partial charge < -0.3 is 10.1 Å². The Bertz CT molecular complexity index is 896. The maximum Gasteiger partial charge on any atom is 0.244 e. The number of methoxy groups -OCH3 is 1. The van der Waals surface area contributed by atoms with Crippen LogP contribution in [0.25, 0.3) is 17.3 Å². The van der Waals surface area contributed by atoms with Crippen molar-refractivity contribution < 1.29 is 9.53 Å². The number of ether oxygens (including phenoxy) is 1. The Hall–Kier alpha value is -3.41. The lowest BCUT2D eigenvalue weighted by Crippen LogP contribution is -2.20. The second-order valence-corrected chi connectivity index (χ2v) is 5.78. The Morgan fingerprint density at radius 1 is 1.19 bits per heavy atom. The normalized spacial score (nSPS) is 10.8. The van der Waals surface area contributed by atoms with Crippen LogP contribution in [0.4, 0.5) is 0 Å². The van der Waals surface area contributed by atoms with Crippen LogP contribution in [0.3, 0.4) is 0 Å². The average molecular weight is 348 g/mol. The highest BCUT2D eigenvalue weighted by Crippen LogP contribution is 2.15. The molecule has 0 bridgehead atoms. The summed E-state index contributed by atoms with van der Waals surface area (Å²) in [6.07, 6.45) is 8.72. The summed E-state index contributed by atoms with van der Waals surface area (Å²) in [5.74, 6) is 0.631. The van der Waals surface area contributed by atoms with E-state index in [1.165, 1.54) is 6.08 Å². The first-order chi connectivity index (χ1) is 12.6. The molecule has 6 nitrogen and oxygen atoms in total. The lowest BCUT2D eigenvalue weighted by molar-refractivity contribution is -0.116. The van der Waals surface area contributed by atoms with Crippen molar-refractivity contribution in [1.29, 1.82) is 0 Å². The largest absolute Gasteiger partial charge is 0.497 e. The SMILES string of the molecule is COc1ccc(/C=C/C(=O)NCc2ccc(-c3cnn(C)c3)nc2)cc1. The third-order valence-electron chi connectivity index (χ3n) is 3.84. The van der Waals surface area contributed by atoms with Crippen LogP contribution in [0.5, 0.6) is 5.75 Å². The molecule has 26 heavy (non-hydrogen) atoms. The molecule has 3 aromatic rings. The first kappa shape index (κ1) is 17.4. The molecule has 1 amide bonds. The fourth-order valence-corrected chi connectivity index (χ4v) is 2.39. The molecule has 0 saturated heterocycles. The van der Waals surface area contributed by atoms with Gasteiger partial charge in [0.15, 0.2) is 0 Å². The van der Waals surface area contributed by atoms with Crippen molar-refractivity contribution >= 4 is 12.0 Å². The van der Waals surface area contributed by atoms with Crippen LogP contribution in [-0.4, -0.2) is 27.8 Å². The van der Waals surface area contributed by atoms with E-state index in [0.717, 1.165) is 28.1 Å². The number of benzene rings is 1. The summed E-state index contributed by atoms with van der Waals surface area (Å²) in [5.41, 5.74) is 3.69. The van der Waals surface area contributed by atoms with Gasteiger partial charge in [0, 0.05) is 37.6 Å². The van der Waals surface area contributed by atoms with E-state index >= 15 is 0 Å². The molecule has 0 saturated carbocycles. The smallest absolute Gasteiger partial charge is 0.244 e. The van der Waals surface area contributed by atoms with Crippen LogP contribution < -0.4 is 10.1 Å². The van der Waals surface area contributed by atoms with Crippen molar-refractivity contribution in [2.24, 2.45) is 7.05 Å². The predicted octanol–water partition coefficient (Wildman–Crippen LogP) is 2.82. The highest BCUT2D eigenvalue weighted by atomic mass is 16.5. The zero-order chi connectivity index (χ0) is 18.4. The molecule has 6 heteroatoms. The van der Waals surface area contributed by atoms with Gasteiger partial charge >= 0.3 is 0 Å². The monoisotopic (exact) mass is 348 g/mol. The Balaban J connectivity index is 1.53. The van der Waals surface area contributed by atoms with E-state index in [1.807, 2.05) is 49.6 Å². The predicted molar refractivity (Wildman–Crippen MR) is 100 cm³/mol. The number of hydrogen-bond acceptors (Lipinski definition) is 4. The molecule has 2 heterocycles. The molecule has 0 aliphatic carbocycles. The van der Waals surface area contributed by atoms with Gasteiger partial charge in [-0.1, -0.05) is 18.2 Å². The minimum Gasteiger partial charge on any atom is -0.497 e. The average Bonchev–Trinajstić information content (AvgIpc) is 3.12. The van der Waals surface area contributed by atoms with Gasteiger partial charge in [-0.05, 0) is 35.4 Å². The first-order valence-corrected chi connectivity index (χ1v) is 8.18. The molecular weight excluding hydrogens is 328 g/mol. The van der Waals surface area contributed by atoms with E-state index in [1.54, 1.807) is 30.3 Å². The molecule has 1 N–H and O–H groups in total. The third kappa shape index (κ3) is 4.57. The standard InChI is InChI=1S/C20H20N4O2/c1-24-14-17(13-23-24)19-9-5-16(11-21-19)12-22-20(25)10-6-15-3-7-18(26-2)8-4-15/h3-11,13-14H,12H2,1-2H3,(H,22,25)/b10-6+. The zero-order valence-electron chi connectivity index (χ0n) is 14.7. The Kier molecular flexibility index (Phi) is 5.43. The minimum absolute atomic E-state index is 0.155. The summed E-state index contributed by atoms with van der Waals surface area (Å²) in [6.45, 7) is 0.423. The molecule has 132 valence electrons. The molecule has 3 rings (SSSR count). The van der Waals surface area contributed by atoms with E-state index in [2.05, 4.69) is 15.4 Å². The molecule has 0 spiro atoms. The quantitative estimate of drug-likeness (QED) is 0.696. The molecule has 0 radical (unpaired) electrons. The minimum atomic E-state index is -0.155. The lowest BCUT2D eigenvalue weighted by Gasteiger charge is -2.03. The number of nitrogens with zero attached hydrogens (tertiary/aromatic N) is 3. The maximum absolute atomic E-state index is 11.9. The van der Waals surface area contributed by atoms with E-state index in [0.29, 0.717) is 6.54 Å².